The molecule has 5 rings (SSSR count). The maximum Gasteiger partial charge on any atom is 0.294 e. The van der Waals surface area contributed by atoms with Gasteiger partial charge in [-0.05, 0) is 52.3 Å². The molecule has 0 amide bonds. The van der Waals surface area contributed by atoms with Gasteiger partial charge in [-0.3, -0.25) is 4.55 Å². The van der Waals surface area contributed by atoms with E-state index in [1.165, 1.54) is 12.4 Å². The minimum absolute atomic E-state index is 0.131. The highest BCUT2D eigenvalue weighted by Gasteiger charge is 2.64. The van der Waals surface area contributed by atoms with E-state index in [1.807, 2.05) is 51.4 Å². The molecule has 2 aliphatic heterocycles. The number of hydrogen-bond donors (Lipinski definition) is 1. The first-order valence-corrected chi connectivity index (χ1v) is 12.2. The smallest absolute Gasteiger partial charge is 0.294 e. The van der Waals surface area contributed by atoms with Gasteiger partial charge in [-0.15, -0.1) is 0 Å². The molecule has 2 fully saturated rings. The quantitative estimate of drug-likeness (QED) is 0.574. The van der Waals surface area contributed by atoms with Crippen molar-refractivity contribution in [1.29, 1.82) is 0 Å². The Morgan fingerprint density at radius 1 is 1.15 bits per heavy atom. The van der Waals surface area contributed by atoms with Gasteiger partial charge in [-0.1, -0.05) is 17.7 Å². The topological polar surface area (TPSA) is 113 Å². The summed E-state index contributed by atoms with van der Waals surface area (Å²) in [5.74, 6) is -0.855. The van der Waals surface area contributed by atoms with Crippen LogP contribution in [0.2, 0.25) is 0 Å². The first-order valence-electron chi connectivity index (χ1n) is 10.8. The Morgan fingerprint density at radius 2 is 1.91 bits per heavy atom. The van der Waals surface area contributed by atoms with Gasteiger partial charge >= 0.3 is 0 Å². The van der Waals surface area contributed by atoms with Crippen LogP contribution < -0.4 is 0 Å². The zero-order valence-corrected chi connectivity index (χ0v) is 20.0. The van der Waals surface area contributed by atoms with E-state index in [1.54, 1.807) is 12.1 Å². The van der Waals surface area contributed by atoms with Crippen molar-refractivity contribution in [2.24, 2.45) is 0 Å². The molecule has 0 radical (unpaired) electrons. The van der Waals surface area contributed by atoms with E-state index in [0.29, 0.717) is 5.56 Å². The lowest BCUT2D eigenvalue weighted by molar-refractivity contribution is -0.210. The highest BCUT2D eigenvalue weighted by molar-refractivity contribution is 7.85. The zero-order chi connectivity index (χ0) is 23.8. The normalized spacial score (nSPS) is 29.0. The molecule has 3 aromatic rings. The number of fused-ring (bicyclic) bond motifs is 2. The Hall–Kier alpha value is -2.37. The molecular weight excluding hydrogens is 446 g/mol. The van der Waals surface area contributed by atoms with Crippen LogP contribution in [0.1, 0.15) is 43.8 Å². The average molecular weight is 474 g/mol. The largest absolute Gasteiger partial charge is 0.348 e. The summed E-state index contributed by atoms with van der Waals surface area (Å²) in [6.45, 7) is 9.41. The second-order valence-electron chi connectivity index (χ2n) is 9.45. The number of aromatic nitrogens is 3. The van der Waals surface area contributed by atoms with Crippen LogP contribution in [0.15, 0.2) is 41.7 Å². The number of rotatable bonds is 4. The SMILES string of the molecule is Cc1ccc(S(=O)(=O)O)c(C[C@@H]2O[C@H](n3ccc4c(C)ncnc43)[C@H]3OC(C)(C)O[C@@]23C)c1. The minimum Gasteiger partial charge on any atom is -0.348 e. The fraction of sp³-hybridized carbons (Fsp3) is 0.478. The van der Waals surface area contributed by atoms with Crippen LogP contribution in [0.3, 0.4) is 0 Å². The second-order valence-corrected chi connectivity index (χ2v) is 10.8. The van der Waals surface area contributed by atoms with Crippen LogP contribution in [0.4, 0.5) is 0 Å². The van der Waals surface area contributed by atoms with Crippen molar-refractivity contribution < 1.29 is 27.2 Å². The molecule has 0 bridgehead atoms. The summed E-state index contributed by atoms with van der Waals surface area (Å²) in [5, 5.41) is 0.914. The molecule has 0 saturated carbocycles. The van der Waals surface area contributed by atoms with Gasteiger partial charge in [0, 0.05) is 18.0 Å². The third-order valence-electron chi connectivity index (χ3n) is 6.53. The van der Waals surface area contributed by atoms with Crippen molar-refractivity contribution in [2.45, 2.75) is 75.8 Å². The number of aryl methyl sites for hydroxylation is 2. The fourth-order valence-electron chi connectivity index (χ4n) is 5.08. The molecule has 33 heavy (non-hydrogen) atoms. The molecule has 2 saturated heterocycles. The van der Waals surface area contributed by atoms with E-state index < -0.39 is 39.9 Å². The molecule has 1 N–H and O–H groups in total. The zero-order valence-electron chi connectivity index (χ0n) is 19.1. The molecule has 2 aliphatic rings. The predicted molar refractivity (Wildman–Crippen MR) is 119 cm³/mol. The molecular formula is C23H27N3O6S. The van der Waals surface area contributed by atoms with Crippen molar-refractivity contribution in [3.63, 3.8) is 0 Å². The summed E-state index contributed by atoms with van der Waals surface area (Å²) < 4.78 is 54.9. The standard InChI is InChI=1S/C23H27N3O6S/c1-13-6-7-17(33(27,28)29)15(10-13)11-18-23(5)19(31-22(3,4)32-23)21(30-18)26-9-8-16-14(2)24-12-25-20(16)26/h6-10,12,18-19,21H,11H2,1-5H3,(H,27,28,29)/t18-,19+,21-,23-/m0/s1. The molecule has 0 aliphatic carbocycles. The number of hydrogen-bond acceptors (Lipinski definition) is 7. The molecule has 9 nitrogen and oxygen atoms in total. The van der Waals surface area contributed by atoms with E-state index >= 15 is 0 Å². The Morgan fingerprint density at radius 3 is 2.64 bits per heavy atom. The lowest BCUT2D eigenvalue weighted by atomic mass is 9.90. The third-order valence-corrected chi connectivity index (χ3v) is 7.48. The lowest BCUT2D eigenvalue weighted by Crippen LogP contribution is -2.44. The summed E-state index contributed by atoms with van der Waals surface area (Å²) in [6.07, 6.45) is 2.06. The molecule has 0 unspecified atom stereocenters. The highest BCUT2D eigenvalue weighted by atomic mass is 32.2. The van der Waals surface area contributed by atoms with Gasteiger partial charge in [0.25, 0.3) is 10.1 Å². The third kappa shape index (κ3) is 3.66. The van der Waals surface area contributed by atoms with Crippen LogP contribution in [-0.2, 0) is 30.7 Å². The van der Waals surface area contributed by atoms with Crippen LogP contribution in [-0.4, -0.2) is 51.1 Å². The molecule has 4 atom stereocenters. The van der Waals surface area contributed by atoms with E-state index in [0.717, 1.165) is 22.3 Å². The summed E-state index contributed by atoms with van der Waals surface area (Å²) in [5.41, 5.74) is 2.05. The summed E-state index contributed by atoms with van der Waals surface area (Å²) >= 11 is 0. The Balaban J connectivity index is 1.59. The second kappa shape index (κ2) is 7.31. The van der Waals surface area contributed by atoms with Gasteiger partial charge in [0.05, 0.1) is 16.7 Å². The number of benzene rings is 1. The summed E-state index contributed by atoms with van der Waals surface area (Å²) in [7, 11) is -4.40. The first-order chi connectivity index (χ1) is 15.4. The van der Waals surface area contributed by atoms with Crippen molar-refractivity contribution in [3.8, 4) is 0 Å². The van der Waals surface area contributed by atoms with Gasteiger partial charge in [0.15, 0.2) is 12.0 Å². The van der Waals surface area contributed by atoms with Gasteiger partial charge in [-0.25, -0.2) is 9.97 Å². The van der Waals surface area contributed by atoms with E-state index in [-0.39, 0.29) is 11.3 Å². The van der Waals surface area contributed by atoms with Crippen LogP contribution in [0.25, 0.3) is 11.0 Å². The molecule has 2 aromatic heterocycles. The first kappa shape index (κ1) is 22.4. The molecule has 0 spiro atoms. The summed E-state index contributed by atoms with van der Waals surface area (Å²) in [6, 6.07) is 6.76. The monoisotopic (exact) mass is 473 g/mol. The maximum atomic E-state index is 12.0. The average Bonchev–Trinajstić information content (AvgIpc) is 3.30. The van der Waals surface area contributed by atoms with Crippen LogP contribution in [0, 0.1) is 13.8 Å². The molecule has 4 heterocycles. The van der Waals surface area contributed by atoms with E-state index in [9.17, 15) is 13.0 Å². The predicted octanol–water partition coefficient (Wildman–Crippen LogP) is 3.35. The van der Waals surface area contributed by atoms with Crippen LogP contribution in [0.5, 0.6) is 0 Å². The van der Waals surface area contributed by atoms with E-state index in [4.69, 9.17) is 14.2 Å². The minimum atomic E-state index is -4.40. The van der Waals surface area contributed by atoms with Gasteiger partial charge in [0.1, 0.15) is 23.7 Å². The maximum absolute atomic E-state index is 12.0. The Kier molecular flexibility index (Phi) is 4.97. The van der Waals surface area contributed by atoms with Crippen molar-refractivity contribution in [2.75, 3.05) is 0 Å². The molecule has 10 heteroatoms. The van der Waals surface area contributed by atoms with Gasteiger partial charge < -0.3 is 18.8 Å². The Labute approximate surface area is 192 Å². The molecule has 1 aromatic carbocycles. The lowest BCUT2D eigenvalue weighted by Gasteiger charge is -2.29. The Bertz CT molecular complexity index is 1350. The number of ether oxygens (including phenoxy) is 3. The van der Waals surface area contributed by atoms with Crippen molar-refractivity contribution >= 4 is 21.2 Å². The van der Waals surface area contributed by atoms with Crippen molar-refractivity contribution in [3.05, 3.63) is 53.6 Å². The van der Waals surface area contributed by atoms with Gasteiger partial charge in [-0.2, -0.15) is 8.42 Å². The number of nitrogens with zero attached hydrogens (tertiary/aromatic N) is 3. The van der Waals surface area contributed by atoms with Crippen LogP contribution >= 0.6 is 0 Å². The fourth-order valence-corrected chi connectivity index (χ4v) is 5.80. The van der Waals surface area contributed by atoms with Gasteiger partial charge in [0.2, 0.25) is 0 Å². The van der Waals surface area contributed by atoms with E-state index in [2.05, 4.69) is 9.97 Å². The molecule has 176 valence electrons. The highest BCUT2D eigenvalue weighted by Crippen LogP contribution is 2.51. The van der Waals surface area contributed by atoms with Crippen molar-refractivity contribution in [1.82, 2.24) is 14.5 Å². The summed E-state index contributed by atoms with van der Waals surface area (Å²) in [4.78, 5) is 8.58.